The average Bonchev–Trinajstić information content (AvgIpc) is 0.767. The number of carbonyl (C=O) groups is 7. The second-order valence-corrected chi connectivity index (χ2v) is 22.0. The molecule has 49 heteroatoms. The van der Waals surface area contributed by atoms with E-state index in [1.807, 2.05) is 0 Å². The second kappa shape index (κ2) is 34.1. The minimum Gasteiger partial charge on any atom is -0.435 e. The molecule has 562 valence electrons. The van der Waals surface area contributed by atoms with Crippen LogP contribution in [-0.2, 0) is 119 Å². The molecule has 18 N–H and O–H groups in total. The predicted molar refractivity (Wildman–Crippen MR) is 272 cm³/mol. The van der Waals surface area contributed by atoms with Gasteiger partial charge in [-0.05, 0) is 0 Å². The van der Waals surface area contributed by atoms with E-state index in [2.05, 4.69) is 10.1 Å². The number of nitrogens with one attached hydrogen (secondary N) is 3. The first kappa shape index (κ1) is 80.0. The predicted octanol–water partition coefficient (Wildman–Crippen LogP) is -13.6. The third-order valence-corrected chi connectivity index (χ3v) is 15.8. The molecule has 0 radical (unpaired) electrons. The van der Waals surface area contributed by atoms with Gasteiger partial charge in [0.25, 0.3) is 25.9 Å². The number of aliphatic hydroxyl groups is 15. The Morgan fingerprint density at radius 3 is 0.990 bits per heavy atom. The van der Waals surface area contributed by atoms with Crippen molar-refractivity contribution in [3.05, 3.63) is 0 Å². The second-order valence-electron chi connectivity index (χ2n) is 22.0. The van der Waals surface area contributed by atoms with Gasteiger partial charge >= 0.3 is 24.2 Å². The van der Waals surface area contributed by atoms with Crippen LogP contribution >= 0.6 is 0 Å². The van der Waals surface area contributed by atoms with Crippen LogP contribution in [0.25, 0.3) is 0 Å². The fourth-order valence-electron chi connectivity index (χ4n) is 11.0. The summed E-state index contributed by atoms with van der Waals surface area (Å²) in [5.74, 6) is -6.80. The molecule has 3 amide bonds. The van der Waals surface area contributed by atoms with Gasteiger partial charge in [0.1, 0.15) is 128 Å². The van der Waals surface area contributed by atoms with E-state index in [1.165, 1.54) is 10.6 Å². The summed E-state index contributed by atoms with van der Waals surface area (Å²) in [5.41, 5.74) is 0. The molecule has 7 aliphatic heterocycles. The Morgan fingerprint density at radius 2 is 0.643 bits per heavy atom. The standard InChI is InChI=1S/C49H69F6N3O40/c1-10(66)56-16-31(17(67)11(3-59)86-37(16)94-32-21(71)26(76)38(81-2)95-43(32)83-7-63)91-42-28(78)23(73)34(45(98-42)85-9-65)93-36-15(58-47(80)49(53,54)55)19(69)30(13(5-61)88-36)90-41-27(77)22(72)33(44(97-41)84-8-64)92-35-14(57-46(79)48(50,51)52)18(68)29(12(4-60)87-35)89-40-25(75)20(70)24(74)39(96-40)82-6-62/h6-9,11-45,59-61,67-78H,3-5H2,1-2H3,(H,56,66)(H,57,79)(H,58,80)/t11?,12?,13?,14?,15?,16?,17-,18+,19+,20-,21+,22+,23+,24-,25?,26?,27?,28?,29+,30+,31+,32-,33-,34-,35+,36+,37-,38+,39?,40+,41+,42+,43?,44?,45?/m0/s1. The van der Waals surface area contributed by atoms with Crippen LogP contribution in [0.3, 0.4) is 0 Å². The number of methoxy groups -OCH3 is 1. The lowest BCUT2D eigenvalue weighted by Crippen LogP contribution is -2.71. The van der Waals surface area contributed by atoms with Crippen LogP contribution in [-0.4, -0.2) is 375 Å². The number of carbonyl (C=O) groups excluding carboxylic acids is 7. The number of halogens is 6. The molecule has 0 aromatic heterocycles. The summed E-state index contributed by atoms with van der Waals surface area (Å²) in [4.78, 5) is 84.0. The van der Waals surface area contributed by atoms with Gasteiger partial charge < -0.3 is 178 Å². The molecule has 0 aromatic carbocycles. The van der Waals surface area contributed by atoms with Gasteiger partial charge in [0.15, 0.2) is 62.3 Å². The topological polar surface area (TPSA) is 625 Å². The molecular formula is C49H69F6N3O40. The lowest BCUT2D eigenvalue weighted by Gasteiger charge is -2.50. The average molecular weight is 1450 g/mol. The van der Waals surface area contributed by atoms with E-state index < -0.39 is 278 Å². The summed E-state index contributed by atoms with van der Waals surface area (Å²) in [5, 5.41) is 170. The van der Waals surface area contributed by atoms with Gasteiger partial charge in [-0.2, -0.15) is 26.3 Å². The summed E-state index contributed by atoms with van der Waals surface area (Å²) in [6.45, 7) is -4.47. The smallest absolute Gasteiger partial charge is 0.435 e. The zero-order valence-corrected chi connectivity index (χ0v) is 49.8. The van der Waals surface area contributed by atoms with E-state index in [0.717, 1.165) is 14.0 Å². The summed E-state index contributed by atoms with van der Waals surface area (Å²) in [6.07, 6.45) is -87.0. The van der Waals surface area contributed by atoms with Gasteiger partial charge in [-0.3, -0.25) is 33.6 Å². The molecular weight excluding hydrogens is 1380 g/mol. The van der Waals surface area contributed by atoms with Crippen molar-refractivity contribution in [2.75, 3.05) is 26.9 Å². The van der Waals surface area contributed by atoms with E-state index >= 15 is 0 Å². The fraction of sp³-hybridized carbons (Fsp3) is 0.857. The number of hydrogen-bond donors (Lipinski definition) is 18. The minimum absolute atomic E-state index is 0.169. The van der Waals surface area contributed by atoms with Crippen molar-refractivity contribution >= 4 is 43.6 Å². The van der Waals surface area contributed by atoms with Crippen molar-refractivity contribution in [1.29, 1.82) is 0 Å². The van der Waals surface area contributed by atoms with Gasteiger partial charge in [-0.1, -0.05) is 0 Å². The maximum Gasteiger partial charge on any atom is 0.471 e. The molecule has 0 bridgehead atoms. The molecule has 0 aliphatic carbocycles. The van der Waals surface area contributed by atoms with Gasteiger partial charge in [0.2, 0.25) is 31.1 Å². The Labute approximate surface area is 542 Å². The zero-order valence-electron chi connectivity index (χ0n) is 49.8. The van der Waals surface area contributed by atoms with Crippen LogP contribution in [0.15, 0.2) is 0 Å². The molecule has 0 saturated carbocycles. The molecule has 7 heterocycles. The Kier molecular flexibility index (Phi) is 27.9. The van der Waals surface area contributed by atoms with Crippen molar-refractivity contribution < 1.29 is 222 Å². The molecule has 43 nitrogen and oxygen atoms in total. The van der Waals surface area contributed by atoms with E-state index in [4.69, 9.17) is 80.5 Å². The number of alkyl halides is 6. The third-order valence-electron chi connectivity index (χ3n) is 15.8. The van der Waals surface area contributed by atoms with Crippen molar-refractivity contribution in [3.63, 3.8) is 0 Å². The molecule has 7 rings (SSSR count). The molecule has 7 fully saturated rings. The highest BCUT2D eigenvalue weighted by Crippen LogP contribution is 2.39. The Hall–Kier alpha value is -5.29. The van der Waals surface area contributed by atoms with Crippen molar-refractivity contribution in [1.82, 2.24) is 16.0 Å². The normalized spacial score (nSPS) is 44.8. The van der Waals surface area contributed by atoms with Crippen LogP contribution in [0.4, 0.5) is 26.3 Å². The summed E-state index contributed by atoms with van der Waals surface area (Å²) in [7, 11) is 1.03. The van der Waals surface area contributed by atoms with Crippen molar-refractivity contribution in [2.45, 2.75) is 235 Å². The molecule has 7 aliphatic rings. The number of rotatable bonds is 27. The molecule has 0 spiro atoms. The third kappa shape index (κ3) is 17.8. The summed E-state index contributed by atoms with van der Waals surface area (Å²) < 4.78 is 179. The van der Waals surface area contributed by atoms with Crippen LogP contribution in [0.1, 0.15) is 6.92 Å². The number of amides is 3. The largest absolute Gasteiger partial charge is 0.471 e. The molecule has 98 heavy (non-hydrogen) atoms. The van der Waals surface area contributed by atoms with Gasteiger partial charge in [0, 0.05) is 14.0 Å². The molecule has 14 unspecified atom stereocenters. The lowest BCUT2D eigenvalue weighted by molar-refractivity contribution is -0.406. The first-order valence-electron chi connectivity index (χ1n) is 28.6. The van der Waals surface area contributed by atoms with Crippen LogP contribution < -0.4 is 16.0 Å². The zero-order chi connectivity index (χ0) is 72.7. The van der Waals surface area contributed by atoms with Crippen LogP contribution in [0, 0.1) is 0 Å². The molecule has 7 saturated heterocycles. The lowest BCUT2D eigenvalue weighted by atomic mass is 9.94. The van der Waals surface area contributed by atoms with E-state index in [9.17, 15) is 137 Å². The highest BCUT2D eigenvalue weighted by atomic mass is 19.4. The molecule has 35 atom stereocenters. The first-order valence-corrected chi connectivity index (χ1v) is 28.6. The summed E-state index contributed by atoms with van der Waals surface area (Å²) in [6, 6.07) is -7.37. The number of hydrogen-bond acceptors (Lipinski definition) is 40. The maximum absolute atomic E-state index is 14.0. The Morgan fingerprint density at radius 1 is 0.347 bits per heavy atom. The highest BCUT2D eigenvalue weighted by Gasteiger charge is 2.61. The maximum atomic E-state index is 14.0. The summed E-state index contributed by atoms with van der Waals surface area (Å²) >= 11 is 0. The van der Waals surface area contributed by atoms with Gasteiger partial charge in [-0.15, -0.1) is 0 Å². The minimum atomic E-state index is -5.88. The quantitative estimate of drug-likeness (QED) is 0.0206. The Balaban J connectivity index is 1.11. The van der Waals surface area contributed by atoms with Gasteiger partial charge in [0.05, 0.1) is 19.8 Å². The van der Waals surface area contributed by atoms with E-state index in [-0.39, 0.29) is 12.9 Å². The Bertz CT molecular complexity index is 2640. The van der Waals surface area contributed by atoms with Crippen molar-refractivity contribution in [3.8, 4) is 0 Å². The first-order chi connectivity index (χ1) is 46.1. The highest BCUT2D eigenvalue weighted by molar-refractivity contribution is 5.82. The van der Waals surface area contributed by atoms with Crippen molar-refractivity contribution in [2.24, 2.45) is 0 Å². The van der Waals surface area contributed by atoms with E-state index in [0.29, 0.717) is 0 Å². The molecule has 0 aromatic rings. The SMILES string of the molecule is CO[C@@H]1OC(OC=O)[C@@H](O[C@@H]2OC(CO)[C@H](O)[C@H](O[C@@H]3OC(OC=O)[C@@H](O[C@H]4OC(CO)[C@@H](O[C@@H]5OC(OC=O)[C@@H](O[C@H]6OC(CO)[C@@H](O[C@@H]7OC(OC=O)[C@@H](O)[C@H](O)C7O)[C@H](O)C6NC(=O)C(F)(F)F)[C@H](O)C5O)[C@H](O)C4NC(=O)C(F)(F)F)[C@H](O)C3O)C2NC(C)=O)[C@H](O)C1O. The van der Waals surface area contributed by atoms with Crippen LogP contribution in [0.2, 0.25) is 0 Å². The van der Waals surface area contributed by atoms with Crippen LogP contribution in [0.5, 0.6) is 0 Å². The monoisotopic (exact) mass is 1450 g/mol. The fourth-order valence-corrected chi connectivity index (χ4v) is 11.0. The number of ether oxygens (including phenoxy) is 18. The number of aliphatic hydroxyl groups excluding tert-OH is 15. The van der Waals surface area contributed by atoms with E-state index in [1.54, 1.807) is 0 Å². The van der Waals surface area contributed by atoms with Gasteiger partial charge in [-0.25, -0.2) is 0 Å².